The molecule has 1 unspecified atom stereocenters. The number of aliphatic hydroxyl groups excluding tert-OH is 1. The third-order valence-corrected chi connectivity index (χ3v) is 3.90. The number of hydrogen-bond donors (Lipinski definition) is 4. The molecule has 5 N–H and O–H groups in total. The zero-order chi connectivity index (χ0) is 14.7. The Morgan fingerprint density at radius 3 is 2.74 bits per heavy atom. The van der Waals surface area contributed by atoms with Crippen molar-refractivity contribution >= 4 is 15.8 Å². The summed E-state index contributed by atoms with van der Waals surface area (Å²) < 4.78 is 27.6. The van der Waals surface area contributed by atoms with Crippen LogP contribution in [0.25, 0.3) is 0 Å². The van der Waals surface area contributed by atoms with Gasteiger partial charge in [-0.2, -0.15) is 5.10 Å². The van der Waals surface area contributed by atoms with E-state index in [0.717, 1.165) is 6.42 Å². The van der Waals surface area contributed by atoms with Crippen LogP contribution in [0, 0.1) is 0 Å². The van der Waals surface area contributed by atoms with E-state index >= 15 is 0 Å². The number of hydrogen-bond acceptors (Lipinski definition) is 6. The van der Waals surface area contributed by atoms with E-state index in [0.29, 0.717) is 6.54 Å². The molecule has 0 fully saturated rings. The summed E-state index contributed by atoms with van der Waals surface area (Å²) >= 11 is 0. The highest BCUT2D eigenvalue weighted by Crippen LogP contribution is 2.16. The lowest BCUT2D eigenvalue weighted by Gasteiger charge is -2.20. The molecule has 0 aliphatic rings. The molecule has 1 atom stereocenters. The van der Waals surface area contributed by atoms with E-state index in [9.17, 15) is 13.5 Å². The van der Waals surface area contributed by atoms with Gasteiger partial charge in [0.05, 0.1) is 12.2 Å². The summed E-state index contributed by atoms with van der Waals surface area (Å²) in [4.78, 5) is -0.130. The van der Waals surface area contributed by atoms with Crippen molar-refractivity contribution in [1.82, 2.24) is 14.5 Å². The maximum absolute atomic E-state index is 12.0. The number of rotatable bonds is 7. The van der Waals surface area contributed by atoms with Crippen molar-refractivity contribution in [3.8, 4) is 0 Å². The van der Waals surface area contributed by atoms with Crippen molar-refractivity contribution < 1.29 is 18.6 Å². The number of aliphatic hydroxyl groups is 2. The summed E-state index contributed by atoms with van der Waals surface area (Å²) in [5, 5.41) is 22.3. The van der Waals surface area contributed by atoms with Crippen LogP contribution in [0.3, 0.4) is 0 Å². The number of anilines is 1. The summed E-state index contributed by atoms with van der Waals surface area (Å²) in [5.41, 5.74) is 4.04. The van der Waals surface area contributed by atoms with Crippen LogP contribution in [-0.2, 0) is 16.6 Å². The summed E-state index contributed by atoms with van der Waals surface area (Å²) in [6.07, 6.45) is 2.14. The lowest BCUT2D eigenvalue weighted by atomic mass is 10.1. The van der Waals surface area contributed by atoms with Gasteiger partial charge < -0.3 is 15.9 Å². The Hall–Kier alpha value is -1.16. The molecule has 0 saturated heterocycles. The fourth-order valence-corrected chi connectivity index (χ4v) is 2.59. The van der Waals surface area contributed by atoms with Crippen molar-refractivity contribution in [3.05, 3.63) is 6.20 Å². The predicted molar refractivity (Wildman–Crippen MR) is 69.8 cm³/mol. The Labute approximate surface area is 112 Å². The molecular weight excluding hydrogens is 272 g/mol. The molecule has 1 aromatic rings. The zero-order valence-corrected chi connectivity index (χ0v) is 11.8. The van der Waals surface area contributed by atoms with Gasteiger partial charge in [0, 0.05) is 19.3 Å². The molecule has 1 rings (SSSR count). The molecule has 9 heteroatoms. The number of aryl methyl sites for hydroxylation is 1. The van der Waals surface area contributed by atoms with Gasteiger partial charge in [0.25, 0.3) is 0 Å². The van der Waals surface area contributed by atoms with Crippen molar-refractivity contribution in [2.24, 2.45) is 0 Å². The fourth-order valence-electron chi connectivity index (χ4n) is 1.35. The second-order valence-corrected chi connectivity index (χ2v) is 6.36. The number of sulfonamides is 1. The highest BCUT2D eigenvalue weighted by Gasteiger charge is 2.26. The van der Waals surface area contributed by atoms with E-state index in [4.69, 9.17) is 10.8 Å². The number of nitrogens with zero attached hydrogens (tertiary/aromatic N) is 2. The van der Waals surface area contributed by atoms with Crippen molar-refractivity contribution in [2.75, 3.05) is 18.9 Å². The van der Waals surface area contributed by atoms with Gasteiger partial charge in [0.1, 0.15) is 4.90 Å². The Balaban J connectivity index is 2.88. The van der Waals surface area contributed by atoms with Gasteiger partial charge in [-0.15, -0.1) is 0 Å². The lowest BCUT2D eigenvalue weighted by molar-refractivity contribution is 0.00681. The van der Waals surface area contributed by atoms with Crippen LogP contribution in [0.4, 0.5) is 5.82 Å². The highest BCUT2D eigenvalue weighted by atomic mass is 32.2. The van der Waals surface area contributed by atoms with Gasteiger partial charge in [-0.05, 0) is 13.3 Å². The van der Waals surface area contributed by atoms with E-state index in [-0.39, 0.29) is 17.3 Å². The maximum Gasteiger partial charge on any atom is 0.245 e. The SMILES string of the molecule is CCCn1cc(S(=O)(=O)NCC(C)(O)CO)c(N)n1. The Morgan fingerprint density at radius 2 is 2.21 bits per heavy atom. The molecule has 0 saturated carbocycles. The lowest BCUT2D eigenvalue weighted by Crippen LogP contribution is -2.43. The van der Waals surface area contributed by atoms with Gasteiger partial charge in [-0.1, -0.05) is 6.92 Å². The second-order valence-electron chi connectivity index (χ2n) is 4.62. The monoisotopic (exact) mass is 292 g/mol. The zero-order valence-electron chi connectivity index (χ0n) is 11.0. The molecule has 0 aliphatic carbocycles. The molecule has 0 aromatic carbocycles. The number of nitrogens with one attached hydrogen (secondary N) is 1. The van der Waals surface area contributed by atoms with Gasteiger partial charge in [-0.3, -0.25) is 4.68 Å². The maximum atomic E-state index is 12.0. The second kappa shape index (κ2) is 5.87. The summed E-state index contributed by atoms with van der Waals surface area (Å²) in [5.74, 6) is -0.0930. The van der Waals surface area contributed by atoms with Crippen LogP contribution < -0.4 is 10.5 Å². The number of nitrogen functional groups attached to an aromatic ring is 1. The van der Waals surface area contributed by atoms with Crippen LogP contribution in [0.5, 0.6) is 0 Å². The first-order valence-electron chi connectivity index (χ1n) is 5.87. The van der Waals surface area contributed by atoms with Crippen LogP contribution in [-0.4, -0.2) is 47.2 Å². The third-order valence-electron chi connectivity index (χ3n) is 2.48. The summed E-state index contributed by atoms with van der Waals surface area (Å²) in [6.45, 7) is 2.94. The van der Waals surface area contributed by atoms with Crippen LogP contribution in [0.15, 0.2) is 11.1 Å². The molecule has 1 aromatic heterocycles. The Morgan fingerprint density at radius 1 is 1.58 bits per heavy atom. The first kappa shape index (κ1) is 15.9. The molecule has 0 bridgehead atoms. The molecule has 110 valence electrons. The van der Waals surface area contributed by atoms with Crippen LogP contribution in [0.2, 0.25) is 0 Å². The molecule has 0 aliphatic heterocycles. The Bertz CT molecular complexity index is 524. The standard InChI is InChI=1S/C10H20N4O4S/c1-3-4-14-5-8(9(11)13-14)19(17,18)12-6-10(2,16)7-15/h5,12,15-16H,3-4,6-7H2,1-2H3,(H2,11,13). The first-order chi connectivity index (χ1) is 8.72. The largest absolute Gasteiger partial charge is 0.393 e. The van der Waals surface area contributed by atoms with E-state index < -0.39 is 22.2 Å². The minimum atomic E-state index is -3.86. The van der Waals surface area contributed by atoms with E-state index in [1.165, 1.54) is 17.8 Å². The summed E-state index contributed by atoms with van der Waals surface area (Å²) in [6, 6.07) is 0. The predicted octanol–water partition coefficient (Wildman–Crippen LogP) is -1.10. The topological polar surface area (TPSA) is 130 Å². The Kier molecular flexibility index (Phi) is 4.91. The molecule has 19 heavy (non-hydrogen) atoms. The minimum Gasteiger partial charge on any atom is -0.393 e. The fraction of sp³-hybridized carbons (Fsp3) is 0.700. The number of aromatic nitrogens is 2. The van der Waals surface area contributed by atoms with Crippen molar-refractivity contribution in [3.63, 3.8) is 0 Å². The van der Waals surface area contributed by atoms with E-state index in [1.54, 1.807) is 0 Å². The average molecular weight is 292 g/mol. The van der Waals surface area contributed by atoms with E-state index in [2.05, 4.69) is 9.82 Å². The minimum absolute atomic E-state index is 0.0930. The summed E-state index contributed by atoms with van der Waals surface area (Å²) in [7, 11) is -3.86. The molecular formula is C10H20N4O4S. The number of nitrogens with two attached hydrogens (primary N) is 1. The van der Waals surface area contributed by atoms with Gasteiger partial charge in [0.2, 0.25) is 10.0 Å². The van der Waals surface area contributed by atoms with Gasteiger partial charge >= 0.3 is 0 Å². The van der Waals surface area contributed by atoms with Gasteiger partial charge in [0.15, 0.2) is 5.82 Å². The third kappa shape index (κ3) is 4.16. The van der Waals surface area contributed by atoms with Crippen molar-refractivity contribution in [1.29, 1.82) is 0 Å². The normalized spacial score (nSPS) is 15.4. The molecule has 0 spiro atoms. The quantitative estimate of drug-likeness (QED) is 0.504. The molecule has 0 radical (unpaired) electrons. The highest BCUT2D eigenvalue weighted by molar-refractivity contribution is 7.89. The smallest absolute Gasteiger partial charge is 0.245 e. The van der Waals surface area contributed by atoms with Crippen molar-refractivity contribution in [2.45, 2.75) is 37.3 Å². The average Bonchev–Trinajstić information content (AvgIpc) is 2.70. The molecule has 8 nitrogen and oxygen atoms in total. The molecule has 1 heterocycles. The van der Waals surface area contributed by atoms with E-state index in [1.807, 2.05) is 6.92 Å². The van der Waals surface area contributed by atoms with Crippen LogP contribution in [0.1, 0.15) is 20.3 Å². The molecule has 0 amide bonds. The van der Waals surface area contributed by atoms with Gasteiger partial charge in [-0.25, -0.2) is 13.1 Å². The first-order valence-corrected chi connectivity index (χ1v) is 7.36. The van der Waals surface area contributed by atoms with Crippen LogP contribution >= 0.6 is 0 Å².